The molecule has 0 saturated carbocycles. The molecule has 4 nitrogen and oxygen atoms in total. The molecule has 0 spiro atoms. The topological polar surface area (TPSA) is 47.0 Å². The number of aromatic nitrogens is 2. The van der Waals surface area contributed by atoms with Crippen molar-refractivity contribution >= 4 is 17.3 Å². The van der Waals surface area contributed by atoms with Crippen LogP contribution in [0.4, 0.5) is 5.95 Å². The van der Waals surface area contributed by atoms with E-state index in [-0.39, 0.29) is 0 Å². The Morgan fingerprint density at radius 2 is 2.35 bits per heavy atom. The van der Waals surface area contributed by atoms with E-state index in [9.17, 15) is 0 Å². The van der Waals surface area contributed by atoms with Crippen LogP contribution in [0.15, 0.2) is 29.1 Å². The maximum Gasteiger partial charge on any atom is 0.226 e. The van der Waals surface area contributed by atoms with Gasteiger partial charge in [0, 0.05) is 18.8 Å². The molecule has 0 radical (unpaired) electrons. The van der Waals surface area contributed by atoms with Gasteiger partial charge in [-0.15, -0.1) is 0 Å². The number of nitrogens with zero attached hydrogens (tertiary/aromatic N) is 2. The van der Waals surface area contributed by atoms with E-state index in [1.165, 1.54) is 5.56 Å². The fourth-order valence-corrected chi connectivity index (χ4v) is 1.96. The average molecular weight is 249 g/mol. The van der Waals surface area contributed by atoms with Crippen LogP contribution in [0.1, 0.15) is 18.9 Å². The minimum atomic E-state index is 0.602. The predicted molar refractivity (Wildman–Crippen MR) is 69.5 cm³/mol. The highest BCUT2D eigenvalue weighted by Crippen LogP contribution is 2.11. The van der Waals surface area contributed by atoms with Gasteiger partial charge in [-0.05, 0) is 28.8 Å². The van der Waals surface area contributed by atoms with Crippen molar-refractivity contribution < 1.29 is 4.74 Å². The van der Waals surface area contributed by atoms with Crippen LogP contribution in [0.25, 0.3) is 0 Å². The first kappa shape index (κ1) is 11.9. The molecule has 0 atom stereocenters. The van der Waals surface area contributed by atoms with E-state index in [1.54, 1.807) is 23.6 Å². The van der Waals surface area contributed by atoms with E-state index in [0.717, 1.165) is 13.0 Å². The summed E-state index contributed by atoms with van der Waals surface area (Å²) < 4.78 is 5.44. The summed E-state index contributed by atoms with van der Waals surface area (Å²) in [5, 5.41) is 7.32. The molecule has 0 fully saturated rings. The molecule has 2 rings (SSSR count). The molecule has 2 aromatic heterocycles. The summed E-state index contributed by atoms with van der Waals surface area (Å²) in [6, 6.07) is 3.85. The zero-order valence-corrected chi connectivity index (χ0v) is 10.5. The normalized spacial score (nSPS) is 10.2. The van der Waals surface area contributed by atoms with Crippen LogP contribution >= 0.6 is 11.3 Å². The van der Waals surface area contributed by atoms with E-state index in [4.69, 9.17) is 4.74 Å². The second kappa shape index (κ2) is 6.20. The molecule has 0 aliphatic carbocycles. The molecule has 2 aromatic rings. The van der Waals surface area contributed by atoms with Gasteiger partial charge in [-0.25, -0.2) is 4.98 Å². The molecule has 0 bridgehead atoms. The standard InChI is InChI=1S/C12H15N3OS/c1-2-6-16-11-3-5-13-12(15-11)14-8-10-4-7-17-9-10/h3-5,7,9H,2,6,8H2,1H3,(H,13,14,15). The van der Waals surface area contributed by atoms with Gasteiger partial charge in [-0.3, -0.25) is 0 Å². The first-order valence-electron chi connectivity index (χ1n) is 5.59. The molecule has 2 heterocycles. The van der Waals surface area contributed by atoms with E-state index in [2.05, 4.69) is 39.0 Å². The Labute approximate surface area is 105 Å². The summed E-state index contributed by atoms with van der Waals surface area (Å²) in [6.07, 6.45) is 2.68. The van der Waals surface area contributed by atoms with Crippen molar-refractivity contribution in [3.05, 3.63) is 34.7 Å². The average Bonchev–Trinajstić information content (AvgIpc) is 2.87. The summed E-state index contributed by atoms with van der Waals surface area (Å²) >= 11 is 1.68. The Hall–Kier alpha value is -1.62. The van der Waals surface area contributed by atoms with E-state index in [1.807, 2.05) is 0 Å². The molecule has 1 N–H and O–H groups in total. The molecule has 0 aromatic carbocycles. The number of hydrogen-bond acceptors (Lipinski definition) is 5. The second-order valence-electron chi connectivity index (χ2n) is 3.55. The monoisotopic (exact) mass is 249 g/mol. The van der Waals surface area contributed by atoms with Crippen LogP contribution < -0.4 is 10.1 Å². The lowest BCUT2D eigenvalue weighted by Gasteiger charge is -2.06. The lowest BCUT2D eigenvalue weighted by Crippen LogP contribution is -2.04. The van der Waals surface area contributed by atoms with Gasteiger partial charge in [0.25, 0.3) is 0 Å². The van der Waals surface area contributed by atoms with Crippen molar-refractivity contribution in [1.82, 2.24) is 9.97 Å². The number of thiophene rings is 1. The number of rotatable bonds is 6. The van der Waals surface area contributed by atoms with Crippen molar-refractivity contribution in [1.29, 1.82) is 0 Å². The van der Waals surface area contributed by atoms with Crippen molar-refractivity contribution in [3.63, 3.8) is 0 Å². The minimum absolute atomic E-state index is 0.602. The number of nitrogens with one attached hydrogen (secondary N) is 1. The third kappa shape index (κ3) is 3.71. The summed E-state index contributed by atoms with van der Waals surface area (Å²) in [5.41, 5.74) is 1.23. The molecular formula is C12H15N3OS. The predicted octanol–water partition coefficient (Wildman–Crippen LogP) is 2.94. The lowest BCUT2D eigenvalue weighted by molar-refractivity contribution is 0.305. The van der Waals surface area contributed by atoms with Gasteiger partial charge >= 0.3 is 0 Å². The molecule has 0 saturated heterocycles. The largest absolute Gasteiger partial charge is 0.478 e. The Bertz CT molecular complexity index is 445. The first-order chi connectivity index (χ1) is 8.38. The highest BCUT2D eigenvalue weighted by molar-refractivity contribution is 7.07. The first-order valence-corrected chi connectivity index (χ1v) is 6.53. The van der Waals surface area contributed by atoms with Crippen molar-refractivity contribution in [2.45, 2.75) is 19.9 Å². The molecular weight excluding hydrogens is 234 g/mol. The van der Waals surface area contributed by atoms with Crippen LogP contribution in [0, 0.1) is 0 Å². The molecule has 0 amide bonds. The molecule has 0 aliphatic rings. The molecule has 90 valence electrons. The third-order valence-electron chi connectivity index (χ3n) is 2.11. The summed E-state index contributed by atoms with van der Waals surface area (Å²) in [6.45, 7) is 3.48. The van der Waals surface area contributed by atoms with Gasteiger partial charge in [-0.1, -0.05) is 6.92 Å². The van der Waals surface area contributed by atoms with Crippen LogP contribution in [-0.4, -0.2) is 16.6 Å². The van der Waals surface area contributed by atoms with Crippen molar-refractivity contribution in [3.8, 4) is 5.88 Å². The third-order valence-corrected chi connectivity index (χ3v) is 2.85. The van der Waals surface area contributed by atoms with Crippen LogP contribution in [-0.2, 0) is 6.54 Å². The fourth-order valence-electron chi connectivity index (χ4n) is 1.29. The van der Waals surface area contributed by atoms with Gasteiger partial charge in [-0.2, -0.15) is 16.3 Å². The minimum Gasteiger partial charge on any atom is -0.478 e. The Kier molecular flexibility index (Phi) is 4.32. The van der Waals surface area contributed by atoms with Crippen LogP contribution in [0.5, 0.6) is 5.88 Å². The molecule has 0 unspecified atom stereocenters. The van der Waals surface area contributed by atoms with Crippen molar-refractivity contribution in [2.24, 2.45) is 0 Å². The zero-order valence-electron chi connectivity index (χ0n) is 9.72. The number of anilines is 1. The summed E-state index contributed by atoms with van der Waals surface area (Å²) in [4.78, 5) is 8.42. The highest BCUT2D eigenvalue weighted by atomic mass is 32.1. The van der Waals surface area contributed by atoms with Gasteiger partial charge < -0.3 is 10.1 Å². The van der Waals surface area contributed by atoms with Gasteiger partial charge in [0.05, 0.1) is 6.61 Å². The molecule has 17 heavy (non-hydrogen) atoms. The smallest absolute Gasteiger partial charge is 0.226 e. The summed E-state index contributed by atoms with van der Waals surface area (Å²) in [7, 11) is 0. The highest BCUT2D eigenvalue weighted by Gasteiger charge is 2.00. The number of hydrogen-bond donors (Lipinski definition) is 1. The summed E-state index contributed by atoms with van der Waals surface area (Å²) in [5.74, 6) is 1.22. The van der Waals surface area contributed by atoms with Gasteiger partial charge in [0.15, 0.2) is 0 Å². The van der Waals surface area contributed by atoms with E-state index in [0.29, 0.717) is 18.4 Å². The van der Waals surface area contributed by atoms with E-state index < -0.39 is 0 Å². The Balaban J connectivity index is 1.91. The van der Waals surface area contributed by atoms with Gasteiger partial charge in [0.2, 0.25) is 11.8 Å². The van der Waals surface area contributed by atoms with Crippen molar-refractivity contribution in [2.75, 3.05) is 11.9 Å². The Morgan fingerprint density at radius 3 is 3.12 bits per heavy atom. The lowest BCUT2D eigenvalue weighted by atomic mass is 10.3. The fraction of sp³-hybridized carbons (Fsp3) is 0.333. The number of ether oxygens (including phenoxy) is 1. The molecule has 5 heteroatoms. The maximum absolute atomic E-state index is 5.44. The Morgan fingerprint density at radius 1 is 1.41 bits per heavy atom. The quantitative estimate of drug-likeness (QED) is 0.855. The maximum atomic E-state index is 5.44. The molecule has 0 aliphatic heterocycles. The second-order valence-corrected chi connectivity index (χ2v) is 4.33. The van der Waals surface area contributed by atoms with Crippen LogP contribution in [0.3, 0.4) is 0 Å². The zero-order chi connectivity index (χ0) is 11.9. The van der Waals surface area contributed by atoms with E-state index >= 15 is 0 Å². The van der Waals surface area contributed by atoms with Gasteiger partial charge in [0.1, 0.15) is 0 Å². The SMILES string of the molecule is CCCOc1ccnc(NCc2ccsc2)n1. The van der Waals surface area contributed by atoms with Crippen LogP contribution in [0.2, 0.25) is 0 Å².